The Labute approximate surface area is 190 Å². The highest BCUT2D eigenvalue weighted by atomic mass is 35.5. The maximum atomic E-state index is 11.9. The number of carbonyl (C=O) groups is 2. The predicted octanol–water partition coefficient (Wildman–Crippen LogP) is 5.55. The van der Waals surface area contributed by atoms with E-state index in [1.807, 2.05) is 18.2 Å². The van der Waals surface area contributed by atoms with Gasteiger partial charge in [-0.25, -0.2) is 9.59 Å². The van der Waals surface area contributed by atoms with Gasteiger partial charge in [0, 0.05) is 16.1 Å². The third-order valence-corrected chi connectivity index (χ3v) is 5.14. The minimum Gasteiger partial charge on any atom is -0.489 e. The van der Waals surface area contributed by atoms with Crippen LogP contribution in [-0.4, -0.2) is 24.5 Å². The molecule has 1 unspecified atom stereocenters. The van der Waals surface area contributed by atoms with Gasteiger partial charge in [-0.15, -0.1) is 0 Å². The predicted molar refractivity (Wildman–Crippen MR) is 116 cm³/mol. The van der Waals surface area contributed by atoms with Gasteiger partial charge in [0.25, 0.3) is 0 Å². The highest BCUT2D eigenvalue weighted by molar-refractivity contribution is 6.31. The van der Waals surface area contributed by atoms with Crippen molar-refractivity contribution in [2.24, 2.45) is 0 Å². The maximum absolute atomic E-state index is 11.9. The van der Waals surface area contributed by atoms with Crippen molar-refractivity contribution in [3.05, 3.63) is 87.6 Å². The van der Waals surface area contributed by atoms with E-state index in [2.05, 4.69) is 10.1 Å². The molecule has 0 bridgehead atoms. The number of allylic oxidation sites excluding steroid dienone is 2. The van der Waals surface area contributed by atoms with Crippen LogP contribution in [0.15, 0.2) is 71.4 Å². The van der Waals surface area contributed by atoms with E-state index in [9.17, 15) is 14.7 Å². The zero-order chi connectivity index (χ0) is 23.3. The lowest BCUT2D eigenvalue weighted by Crippen LogP contribution is -2.29. The second-order valence-electron chi connectivity index (χ2n) is 6.88. The molecule has 0 spiro atoms. The lowest BCUT2D eigenvalue weighted by molar-refractivity contribution is 0.0845. The highest BCUT2D eigenvalue weighted by Crippen LogP contribution is 2.43. The molecule has 168 valence electrons. The van der Waals surface area contributed by atoms with Gasteiger partial charge < -0.3 is 29.4 Å². The minimum atomic E-state index is -1.50. The fourth-order valence-corrected chi connectivity index (χ4v) is 3.55. The van der Waals surface area contributed by atoms with Crippen LogP contribution >= 0.6 is 11.6 Å². The number of carbonyl (C=O) groups excluding carboxylic acids is 1. The first-order valence-corrected chi connectivity index (χ1v) is 9.99. The van der Waals surface area contributed by atoms with E-state index >= 15 is 0 Å². The van der Waals surface area contributed by atoms with Crippen LogP contribution in [0.4, 0.5) is 9.59 Å². The van der Waals surface area contributed by atoms with Crippen molar-refractivity contribution in [3.8, 4) is 5.75 Å². The largest absolute Gasteiger partial charge is 0.513 e. The molecule has 2 N–H and O–H groups in total. The second kappa shape index (κ2) is 10.1. The van der Waals surface area contributed by atoms with E-state index in [0.29, 0.717) is 27.7 Å². The summed E-state index contributed by atoms with van der Waals surface area (Å²) in [5.74, 6) is -0.255. The maximum Gasteiger partial charge on any atom is 0.513 e. The molecule has 8 nitrogen and oxygen atoms in total. The Morgan fingerprint density at radius 1 is 1.00 bits per heavy atom. The van der Waals surface area contributed by atoms with Crippen molar-refractivity contribution in [1.29, 1.82) is 0 Å². The molecule has 0 radical (unpaired) electrons. The van der Waals surface area contributed by atoms with Crippen LogP contribution in [0.25, 0.3) is 0 Å². The number of hydrogen-bond acceptors (Lipinski definition) is 7. The summed E-state index contributed by atoms with van der Waals surface area (Å²) < 4.78 is 21.2. The van der Waals surface area contributed by atoms with Crippen LogP contribution in [0.5, 0.6) is 5.75 Å². The third-order valence-electron chi connectivity index (χ3n) is 4.77. The van der Waals surface area contributed by atoms with Gasteiger partial charge in [0.2, 0.25) is 0 Å². The molecule has 0 saturated heterocycles. The summed E-state index contributed by atoms with van der Waals surface area (Å²) in [4.78, 5) is 23.3. The normalized spacial score (nSPS) is 15.7. The third kappa shape index (κ3) is 5.15. The van der Waals surface area contributed by atoms with Crippen molar-refractivity contribution >= 4 is 23.9 Å². The number of halogens is 1. The molecule has 0 aromatic heterocycles. The first kappa shape index (κ1) is 23.0. The van der Waals surface area contributed by atoms with E-state index in [0.717, 1.165) is 5.56 Å². The van der Waals surface area contributed by atoms with Crippen molar-refractivity contribution in [2.45, 2.75) is 26.4 Å². The van der Waals surface area contributed by atoms with Crippen molar-refractivity contribution in [3.63, 3.8) is 0 Å². The number of ether oxygens (including phenoxy) is 4. The Hall–Kier alpha value is -3.65. The zero-order valence-electron chi connectivity index (χ0n) is 17.7. The van der Waals surface area contributed by atoms with Gasteiger partial charge in [-0.05, 0) is 26.0 Å². The molecule has 3 rings (SSSR count). The number of hydrogen-bond donors (Lipinski definition) is 2. The van der Waals surface area contributed by atoms with Crippen molar-refractivity contribution < 1.29 is 33.6 Å². The SMILES string of the molecule is COC(=O)OC1=C(C)NC(C)=C(OC(=O)O)C1c1ccccc1OCc1ccccc1Cl. The van der Waals surface area contributed by atoms with Gasteiger partial charge in [0.05, 0.1) is 18.5 Å². The molecule has 0 amide bonds. The summed E-state index contributed by atoms with van der Waals surface area (Å²) in [6, 6.07) is 14.3. The Bertz CT molecular complexity index is 1090. The monoisotopic (exact) mass is 459 g/mol. The number of rotatable bonds is 6. The van der Waals surface area contributed by atoms with Gasteiger partial charge in [-0.1, -0.05) is 48.0 Å². The molecule has 2 aromatic carbocycles. The van der Waals surface area contributed by atoms with Crippen molar-refractivity contribution in [2.75, 3.05) is 7.11 Å². The average Bonchev–Trinajstić information content (AvgIpc) is 2.76. The molecular formula is C23H22ClNO7. The standard InChI is InChI=1S/C23H22ClNO7/c1-13-20(31-22(26)27)19(21(14(2)25-13)32-23(28)29-3)16-9-5-7-11-18(16)30-12-15-8-4-6-10-17(15)24/h4-11,19,25H,12H2,1-3H3,(H,26,27). The van der Waals surface area contributed by atoms with Gasteiger partial charge in [0.15, 0.2) is 0 Å². The molecule has 1 aliphatic rings. The molecule has 32 heavy (non-hydrogen) atoms. The molecule has 1 aliphatic heterocycles. The fourth-order valence-electron chi connectivity index (χ4n) is 3.36. The molecule has 9 heteroatoms. The van der Waals surface area contributed by atoms with Gasteiger partial charge in [0.1, 0.15) is 29.8 Å². The number of para-hydroxylation sites is 1. The van der Waals surface area contributed by atoms with Crippen LogP contribution in [0.3, 0.4) is 0 Å². The molecule has 1 atom stereocenters. The molecule has 1 heterocycles. The average molecular weight is 460 g/mol. The van der Waals surface area contributed by atoms with Crippen molar-refractivity contribution in [1.82, 2.24) is 5.32 Å². The molecule has 0 aliphatic carbocycles. The van der Waals surface area contributed by atoms with Crippen LogP contribution in [0.2, 0.25) is 5.02 Å². The van der Waals surface area contributed by atoms with E-state index < -0.39 is 18.2 Å². The zero-order valence-corrected chi connectivity index (χ0v) is 18.4. The van der Waals surface area contributed by atoms with E-state index in [1.54, 1.807) is 44.2 Å². The lowest BCUT2D eigenvalue weighted by Gasteiger charge is -2.30. The summed E-state index contributed by atoms with van der Waals surface area (Å²) in [6.07, 6.45) is -2.45. The van der Waals surface area contributed by atoms with Gasteiger partial charge >= 0.3 is 12.3 Å². The summed E-state index contributed by atoms with van der Waals surface area (Å²) in [5, 5.41) is 12.8. The lowest BCUT2D eigenvalue weighted by atomic mass is 9.90. The van der Waals surface area contributed by atoms with Crippen LogP contribution in [0, 0.1) is 0 Å². The van der Waals surface area contributed by atoms with E-state index in [-0.39, 0.29) is 18.1 Å². The molecular weight excluding hydrogens is 438 g/mol. The van der Waals surface area contributed by atoms with Gasteiger partial charge in [-0.2, -0.15) is 0 Å². The second-order valence-corrected chi connectivity index (χ2v) is 7.29. The number of benzene rings is 2. The fraction of sp³-hybridized carbons (Fsp3) is 0.217. The first-order chi connectivity index (χ1) is 15.3. The topological polar surface area (TPSA) is 103 Å². The molecule has 2 aromatic rings. The Morgan fingerprint density at radius 3 is 2.28 bits per heavy atom. The van der Waals surface area contributed by atoms with Crippen LogP contribution < -0.4 is 10.1 Å². The van der Waals surface area contributed by atoms with E-state index in [1.165, 1.54) is 7.11 Å². The smallest absolute Gasteiger partial charge is 0.489 e. The first-order valence-electron chi connectivity index (χ1n) is 9.62. The Kier molecular flexibility index (Phi) is 7.27. The number of nitrogens with one attached hydrogen (secondary N) is 1. The van der Waals surface area contributed by atoms with E-state index in [4.69, 9.17) is 25.8 Å². The number of carboxylic acid groups (broad SMARTS) is 1. The summed E-state index contributed by atoms with van der Waals surface area (Å²) in [6.45, 7) is 3.53. The molecule has 0 fully saturated rings. The van der Waals surface area contributed by atoms with Crippen LogP contribution in [0.1, 0.15) is 30.9 Å². The number of methoxy groups -OCH3 is 1. The Morgan fingerprint density at radius 2 is 1.62 bits per heavy atom. The van der Waals surface area contributed by atoms with Crippen LogP contribution in [-0.2, 0) is 20.8 Å². The quantitative estimate of drug-likeness (QED) is 0.542. The van der Waals surface area contributed by atoms with Gasteiger partial charge in [-0.3, -0.25) is 0 Å². The summed E-state index contributed by atoms with van der Waals surface area (Å²) in [5.41, 5.74) is 2.26. The molecule has 0 saturated carbocycles. The summed E-state index contributed by atoms with van der Waals surface area (Å²) in [7, 11) is 1.18. The Balaban J connectivity index is 2.05. The highest BCUT2D eigenvalue weighted by Gasteiger charge is 2.36. The minimum absolute atomic E-state index is 0.0517. The number of dihydropyridines is 1. The summed E-state index contributed by atoms with van der Waals surface area (Å²) >= 11 is 6.23.